The van der Waals surface area contributed by atoms with Crippen molar-refractivity contribution in [1.29, 1.82) is 0 Å². The molecule has 1 N–H and O–H groups in total. The smallest absolute Gasteiger partial charge is 0.307 e. The Bertz CT molecular complexity index is 1530. The number of benzene rings is 3. The van der Waals surface area contributed by atoms with E-state index in [-0.39, 0.29) is 28.4 Å². The molecule has 9 heteroatoms. The number of methoxy groups -OCH3 is 1. The number of rotatable bonds is 5. The van der Waals surface area contributed by atoms with Crippen LogP contribution >= 0.6 is 0 Å². The molecule has 0 saturated carbocycles. The average molecular weight is 480 g/mol. The number of allylic oxidation sites excluding steroid dienone is 1. The second kappa shape index (κ2) is 8.35. The molecule has 2 heterocycles. The van der Waals surface area contributed by atoms with Crippen LogP contribution in [-0.4, -0.2) is 24.0 Å². The number of hydrogen-bond acceptors (Lipinski definition) is 5. The highest BCUT2D eigenvalue weighted by atomic mass is 19.2. The number of furan rings is 1. The average Bonchev–Trinajstić information content (AvgIpc) is 3.34. The molecular weight excluding hydrogens is 465 g/mol. The van der Waals surface area contributed by atoms with Gasteiger partial charge in [-0.2, -0.15) is 0 Å². The van der Waals surface area contributed by atoms with E-state index in [1.165, 1.54) is 19.2 Å². The normalized spacial score (nSPS) is 13.8. The molecule has 3 aromatic carbocycles. The highest BCUT2D eigenvalue weighted by Crippen LogP contribution is 2.45. The van der Waals surface area contributed by atoms with Crippen LogP contribution in [0, 0.1) is 17.5 Å². The number of ketones is 1. The SMILES string of the molecule is COc1ccc(-c2oc3ccc4c(c3c2CC(=O)O)OC(=Cc2cc(F)c(F)c(F)c2)C4=O)cc1. The monoisotopic (exact) mass is 480 g/mol. The summed E-state index contributed by atoms with van der Waals surface area (Å²) in [7, 11) is 1.52. The van der Waals surface area contributed by atoms with Gasteiger partial charge in [-0.3, -0.25) is 9.59 Å². The zero-order valence-corrected chi connectivity index (χ0v) is 18.0. The Hall–Kier alpha value is -4.53. The molecule has 1 aliphatic rings. The molecule has 0 aliphatic carbocycles. The molecule has 1 aliphatic heterocycles. The Balaban J connectivity index is 1.65. The van der Waals surface area contributed by atoms with E-state index in [1.807, 2.05) is 0 Å². The van der Waals surface area contributed by atoms with Crippen molar-refractivity contribution in [3.63, 3.8) is 0 Å². The third kappa shape index (κ3) is 3.80. The molecule has 0 fully saturated rings. The van der Waals surface area contributed by atoms with Gasteiger partial charge in [0.25, 0.3) is 0 Å². The van der Waals surface area contributed by atoms with Gasteiger partial charge >= 0.3 is 5.97 Å². The first-order valence-corrected chi connectivity index (χ1v) is 10.3. The van der Waals surface area contributed by atoms with Crippen molar-refractivity contribution in [2.45, 2.75) is 6.42 Å². The van der Waals surface area contributed by atoms with Crippen molar-refractivity contribution in [2.75, 3.05) is 7.11 Å². The number of aliphatic carboxylic acids is 1. The number of fused-ring (bicyclic) bond motifs is 3. The molecule has 35 heavy (non-hydrogen) atoms. The van der Waals surface area contributed by atoms with Crippen LogP contribution in [-0.2, 0) is 11.2 Å². The van der Waals surface area contributed by atoms with Crippen molar-refractivity contribution in [3.05, 3.63) is 88.4 Å². The van der Waals surface area contributed by atoms with Crippen molar-refractivity contribution in [2.24, 2.45) is 0 Å². The summed E-state index contributed by atoms with van der Waals surface area (Å²) in [5.41, 5.74) is 1.18. The summed E-state index contributed by atoms with van der Waals surface area (Å²) in [5.74, 6) is -5.46. The molecule has 0 saturated heterocycles. The molecule has 0 unspecified atom stereocenters. The third-order valence-corrected chi connectivity index (χ3v) is 5.57. The molecule has 0 atom stereocenters. The van der Waals surface area contributed by atoms with Gasteiger partial charge in [-0.1, -0.05) is 0 Å². The van der Waals surface area contributed by atoms with Crippen molar-refractivity contribution in [1.82, 2.24) is 0 Å². The number of halogens is 3. The predicted molar refractivity (Wildman–Crippen MR) is 119 cm³/mol. The number of carboxylic acids is 1. The summed E-state index contributed by atoms with van der Waals surface area (Å²) in [5, 5.41) is 9.83. The number of ether oxygens (including phenoxy) is 2. The van der Waals surface area contributed by atoms with Gasteiger partial charge in [0.2, 0.25) is 5.78 Å². The lowest BCUT2D eigenvalue weighted by Crippen LogP contribution is -2.01. The van der Waals surface area contributed by atoms with Crippen LogP contribution in [0.5, 0.6) is 11.5 Å². The van der Waals surface area contributed by atoms with Crippen molar-refractivity contribution < 1.29 is 41.8 Å². The summed E-state index contributed by atoms with van der Waals surface area (Å²) in [6.45, 7) is 0. The summed E-state index contributed by atoms with van der Waals surface area (Å²) in [4.78, 5) is 24.6. The molecule has 0 radical (unpaired) electrons. The maximum absolute atomic E-state index is 13.6. The second-order valence-corrected chi connectivity index (χ2v) is 7.76. The zero-order valence-electron chi connectivity index (χ0n) is 18.0. The molecule has 1 aromatic heterocycles. The third-order valence-electron chi connectivity index (χ3n) is 5.57. The molecule has 6 nitrogen and oxygen atoms in total. The maximum atomic E-state index is 13.6. The second-order valence-electron chi connectivity index (χ2n) is 7.76. The summed E-state index contributed by atoms with van der Waals surface area (Å²) in [6.07, 6.45) is 0.664. The largest absolute Gasteiger partial charge is 0.497 e. The fourth-order valence-corrected chi connectivity index (χ4v) is 3.99. The Morgan fingerprint density at radius 3 is 2.37 bits per heavy atom. The quantitative estimate of drug-likeness (QED) is 0.288. The molecule has 5 rings (SSSR count). The topological polar surface area (TPSA) is 86.0 Å². The van der Waals surface area contributed by atoms with Gasteiger partial charge in [-0.15, -0.1) is 0 Å². The number of Topliss-reactive ketones (excluding diaryl/α,β-unsaturated/α-hetero) is 1. The highest BCUT2D eigenvalue weighted by molar-refractivity contribution is 6.18. The molecule has 176 valence electrons. The van der Waals surface area contributed by atoms with E-state index < -0.39 is 35.6 Å². The van der Waals surface area contributed by atoms with E-state index in [1.54, 1.807) is 24.3 Å². The molecule has 0 bridgehead atoms. The molecule has 4 aromatic rings. The van der Waals surface area contributed by atoms with Gasteiger partial charge in [0.1, 0.15) is 22.8 Å². The first-order chi connectivity index (χ1) is 16.8. The lowest BCUT2D eigenvalue weighted by Gasteiger charge is -2.05. The van der Waals surface area contributed by atoms with Crippen LogP contribution in [0.1, 0.15) is 21.5 Å². The van der Waals surface area contributed by atoms with Gasteiger partial charge < -0.3 is 19.0 Å². The first-order valence-electron chi connectivity index (χ1n) is 10.3. The van der Waals surface area contributed by atoms with Crippen LogP contribution in [0.15, 0.2) is 58.7 Å². The van der Waals surface area contributed by atoms with Crippen molar-refractivity contribution in [3.8, 4) is 22.8 Å². The zero-order chi connectivity index (χ0) is 24.9. The lowest BCUT2D eigenvalue weighted by molar-refractivity contribution is -0.136. The van der Waals surface area contributed by atoms with Gasteiger partial charge in [-0.05, 0) is 60.2 Å². The van der Waals surface area contributed by atoms with E-state index in [0.29, 0.717) is 27.8 Å². The van der Waals surface area contributed by atoms with Crippen LogP contribution in [0.2, 0.25) is 0 Å². The minimum atomic E-state index is -1.63. The standard InChI is InChI=1S/C26H15F3O6/c1-33-14-4-2-13(3-5-14)25-16(11-21(30)31)22-19(34-25)7-6-15-24(32)20(35-26(15)22)10-12-8-17(27)23(29)18(28)9-12/h2-10H,11H2,1H3,(H,30,31). The fraction of sp³-hybridized carbons (Fsp3) is 0.0769. The van der Waals surface area contributed by atoms with Crippen molar-refractivity contribution >= 4 is 28.8 Å². The number of carbonyl (C=O) groups excluding carboxylic acids is 1. The van der Waals surface area contributed by atoms with E-state index >= 15 is 0 Å². The predicted octanol–water partition coefficient (Wildman–Crippen LogP) is 5.77. The Labute approximate surface area is 195 Å². The first kappa shape index (κ1) is 22.3. The molecule has 0 amide bonds. The molecular formula is C26H15F3O6. The molecule has 0 spiro atoms. The van der Waals surface area contributed by atoms with E-state index in [9.17, 15) is 27.9 Å². The van der Waals surface area contributed by atoms with Gasteiger partial charge in [-0.25, -0.2) is 13.2 Å². The van der Waals surface area contributed by atoms with Crippen LogP contribution in [0.25, 0.3) is 28.4 Å². The fourth-order valence-electron chi connectivity index (χ4n) is 3.99. The number of carboxylic acid groups (broad SMARTS) is 1. The number of hydrogen-bond donors (Lipinski definition) is 1. The van der Waals surface area contributed by atoms with E-state index in [0.717, 1.165) is 18.2 Å². The van der Waals surface area contributed by atoms with E-state index in [2.05, 4.69) is 0 Å². The Morgan fingerprint density at radius 2 is 1.74 bits per heavy atom. The number of carbonyl (C=O) groups is 2. The lowest BCUT2D eigenvalue weighted by atomic mass is 10.00. The van der Waals surface area contributed by atoms with E-state index in [4.69, 9.17) is 13.9 Å². The minimum absolute atomic E-state index is 0.0709. The summed E-state index contributed by atoms with van der Waals surface area (Å²) < 4.78 is 57.4. The van der Waals surface area contributed by atoms with Gasteiger partial charge in [0, 0.05) is 11.1 Å². The summed E-state index contributed by atoms with van der Waals surface area (Å²) in [6, 6.07) is 11.2. The van der Waals surface area contributed by atoms with Crippen LogP contribution in [0.3, 0.4) is 0 Å². The minimum Gasteiger partial charge on any atom is -0.497 e. The Kier molecular flexibility index (Phi) is 5.32. The van der Waals surface area contributed by atoms with Crippen LogP contribution in [0.4, 0.5) is 13.2 Å². The highest BCUT2D eigenvalue weighted by Gasteiger charge is 2.33. The maximum Gasteiger partial charge on any atom is 0.307 e. The van der Waals surface area contributed by atoms with Crippen LogP contribution < -0.4 is 9.47 Å². The van der Waals surface area contributed by atoms with Gasteiger partial charge in [0.15, 0.2) is 23.2 Å². The Morgan fingerprint density at radius 1 is 1.06 bits per heavy atom. The summed E-state index contributed by atoms with van der Waals surface area (Å²) >= 11 is 0. The van der Waals surface area contributed by atoms with Gasteiger partial charge in [0.05, 0.1) is 24.5 Å².